The van der Waals surface area contributed by atoms with E-state index in [9.17, 15) is 9.59 Å². The zero-order valence-electron chi connectivity index (χ0n) is 16.9. The highest BCUT2D eigenvalue weighted by Gasteiger charge is 2.26. The minimum Gasteiger partial charge on any atom is -0.493 e. The molecule has 0 radical (unpaired) electrons. The fourth-order valence-corrected chi connectivity index (χ4v) is 2.76. The number of hydrogen-bond donors (Lipinski definition) is 1. The van der Waals surface area contributed by atoms with Gasteiger partial charge in [-0.25, -0.2) is 0 Å². The van der Waals surface area contributed by atoms with Gasteiger partial charge < -0.3 is 19.7 Å². The largest absolute Gasteiger partial charge is 0.493 e. The molecule has 6 heteroatoms. The number of nitrogens with zero attached hydrogens (tertiary/aromatic N) is 1. The van der Waals surface area contributed by atoms with Crippen molar-refractivity contribution in [2.45, 2.75) is 33.4 Å². The Morgan fingerprint density at radius 2 is 1.71 bits per heavy atom. The highest BCUT2D eigenvalue weighted by Crippen LogP contribution is 2.25. The van der Waals surface area contributed by atoms with Gasteiger partial charge >= 0.3 is 0 Å². The Morgan fingerprint density at radius 3 is 2.32 bits per heavy atom. The van der Waals surface area contributed by atoms with Gasteiger partial charge in [-0.3, -0.25) is 9.59 Å². The maximum absolute atomic E-state index is 12.9. The Labute approximate surface area is 166 Å². The molecule has 0 heterocycles. The summed E-state index contributed by atoms with van der Waals surface area (Å²) in [5.41, 5.74) is 2.09. The standard InChI is InChI=1S/C22H28N2O4/c1-5-23-22(26)17(3)24(14-18-12-10-16(2)11-13-18)21(25)15-28-20-9-7-6-8-19(20)27-4/h6-13,17H,5,14-15H2,1-4H3,(H,23,26). The quantitative estimate of drug-likeness (QED) is 0.722. The van der Waals surface area contributed by atoms with Gasteiger partial charge in [0.25, 0.3) is 5.91 Å². The molecule has 1 atom stereocenters. The van der Waals surface area contributed by atoms with E-state index in [0.717, 1.165) is 11.1 Å². The lowest BCUT2D eigenvalue weighted by Crippen LogP contribution is -2.49. The smallest absolute Gasteiger partial charge is 0.261 e. The zero-order chi connectivity index (χ0) is 20.5. The molecule has 0 aliphatic heterocycles. The number of carbonyl (C=O) groups is 2. The molecule has 2 aromatic rings. The van der Waals surface area contributed by atoms with Crippen LogP contribution in [0.5, 0.6) is 11.5 Å². The number of likely N-dealkylation sites (N-methyl/N-ethyl adjacent to an activating group) is 1. The van der Waals surface area contributed by atoms with Gasteiger partial charge in [0.1, 0.15) is 6.04 Å². The summed E-state index contributed by atoms with van der Waals surface area (Å²) in [6.45, 7) is 6.23. The molecule has 0 saturated carbocycles. The predicted octanol–water partition coefficient (Wildman–Crippen LogP) is 2.94. The van der Waals surface area contributed by atoms with E-state index in [2.05, 4.69) is 5.32 Å². The molecule has 2 aromatic carbocycles. The van der Waals surface area contributed by atoms with Crippen LogP contribution in [-0.2, 0) is 16.1 Å². The Hall–Kier alpha value is -3.02. The molecule has 0 aliphatic carbocycles. The Bertz CT molecular complexity index is 789. The third kappa shape index (κ3) is 5.74. The van der Waals surface area contributed by atoms with Crippen molar-refractivity contribution in [1.82, 2.24) is 10.2 Å². The molecule has 1 N–H and O–H groups in total. The monoisotopic (exact) mass is 384 g/mol. The lowest BCUT2D eigenvalue weighted by molar-refractivity contribution is -0.142. The summed E-state index contributed by atoms with van der Waals surface area (Å²) in [6.07, 6.45) is 0. The second-order valence-electron chi connectivity index (χ2n) is 6.52. The van der Waals surface area contributed by atoms with Gasteiger partial charge in [-0.15, -0.1) is 0 Å². The first-order valence-corrected chi connectivity index (χ1v) is 9.34. The molecular formula is C22H28N2O4. The van der Waals surface area contributed by atoms with Crippen LogP contribution in [-0.4, -0.2) is 43.0 Å². The molecule has 6 nitrogen and oxygen atoms in total. The van der Waals surface area contributed by atoms with Crippen LogP contribution >= 0.6 is 0 Å². The highest BCUT2D eigenvalue weighted by molar-refractivity contribution is 5.87. The number of aryl methyl sites for hydroxylation is 1. The average Bonchev–Trinajstić information content (AvgIpc) is 2.71. The van der Waals surface area contributed by atoms with E-state index in [-0.39, 0.29) is 18.4 Å². The fourth-order valence-electron chi connectivity index (χ4n) is 2.76. The second kappa shape index (κ2) is 10.3. The SMILES string of the molecule is CCNC(=O)C(C)N(Cc1ccc(C)cc1)C(=O)COc1ccccc1OC. The van der Waals surface area contributed by atoms with Crippen LogP contribution < -0.4 is 14.8 Å². The van der Waals surface area contributed by atoms with Crippen LogP contribution in [0.3, 0.4) is 0 Å². The predicted molar refractivity (Wildman–Crippen MR) is 108 cm³/mol. The fraction of sp³-hybridized carbons (Fsp3) is 0.364. The number of methoxy groups -OCH3 is 1. The minimum absolute atomic E-state index is 0.185. The second-order valence-corrected chi connectivity index (χ2v) is 6.52. The number of hydrogen-bond acceptors (Lipinski definition) is 4. The molecule has 2 rings (SSSR count). The summed E-state index contributed by atoms with van der Waals surface area (Å²) in [7, 11) is 1.55. The van der Waals surface area contributed by atoms with Gasteiger partial charge in [-0.05, 0) is 38.5 Å². The van der Waals surface area contributed by atoms with Crippen molar-refractivity contribution in [3.8, 4) is 11.5 Å². The Morgan fingerprint density at radius 1 is 1.07 bits per heavy atom. The molecule has 0 bridgehead atoms. The van der Waals surface area contributed by atoms with Gasteiger partial charge in [0.05, 0.1) is 7.11 Å². The van der Waals surface area contributed by atoms with Crippen LogP contribution in [0.1, 0.15) is 25.0 Å². The van der Waals surface area contributed by atoms with Crippen molar-refractivity contribution < 1.29 is 19.1 Å². The number of nitrogens with one attached hydrogen (secondary N) is 1. The van der Waals surface area contributed by atoms with Gasteiger partial charge in [-0.1, -0.05) is 42.0 Å². The summed E-state index contributed by atoms with van der Waals surface area (Å²) in [4.78, 5) is 26.8. The van der Waals surface area contributed by atoms with Crippen LogP contribution in [0.2, 0.25) is 0 Å². The number of benzene rings is 2. The number of para-hydroxylation sites is 2. The summed E-state index contributed by atoms with van der Waals surface area (Å²) < 4.78 is 10.9. The molecule has 0 aliphatic rings. The molecular weight excluding hydrogens is 356 g/mol. The summed E-state index contributed by atoms with van der Waals surface area (Å²) in [5.74, 6) is 0.571. The third-order valence-corrected chi connectivity index (χ3v) is 4.41. The van der Waals surface area contributed by atoms with E-state index in [4.69, 9.17) is 9.47 Å². The van der Waals surface area contributed by atoms with Crippen molar-refractivity contribution in [2.24, 2.45) is 0 Å². The summed E-state index contributed by atoms with van der Waals surface area (Å²) in [6, 6.07) is 14.4. The first kappa shape index (κ1) is 21.3. The van der Waals surface area contributed by atoms with Crippen LogP contribution in [0.15, 0.2) is 48.5 Å². The summed E-state index contributed by atoms with van der Waals surface area (Å²) >= 11 is 0. The van der Waals surface area contributed by atoms with Crippen molar-refractivity contribution in [3.05, 3.63) is 59.7 Å². The van der Waals surface area contributed by atoms with E-state index >= 15 is 0 Å². The van der Waals surface area contributed by atoms with Crippen molar-refractivity contribution >= 4 is 11.8 Å². The highest BCUT2D eigenvalue weighted by atomic mass is 16.5. The van der Waals surface area contributed by atoms with E-state index in [0.29, 0.717) is 24.6 Å². The minimum atomic E-state index is -0.616. The van der Waals surface area contributed by atoms with E-state index in [1.165, 1.54) is 4.90 Å². The molecule has 0 fully saturated rings. The topological polar surface area (TPSA) is 67.9 Å². The Balaban J connectivity index is 2.15. The van der Waals surface area contributed by atoms with E-state index in [1.807, 2.05) is 50.2 Å². The number of ether oxygens (including phenoxy) is 2. The maximum atomic E-state index is 12.9. The number of carbonyl (C=O) groups excluding carboxylic acids is 2. The molecule has 28 heavy (non-hydrogen) atoms. The van der Waals surface area contributed by atoms with Crippen molar-refractivity contribution in [2.75, 3.05) is 20.3 Å². The van der Waals surface area contributed by atoms with Crippen LogP contribution in [0.4, 0.5) is 0 Å². The molecule has 1 unspecified atom stereocenters. The lowest BCUT2D eigenvalue weighted by Gasteiger charge is -2.28. The first-order chi connectivity index (χ1) is 13.5. The van der Waals surface area contributed by atoms with Crippen molar-refractivity contribution in [3.63, 3.8) is 0 Å². The van der Waals surface area contributed by atoms with E-state index in [1.54, 1.807) is 26.2 Å². The summed E-state index contributed by atoms with van der Waals surface area (Å²) in [5, 5.41) is 2.77. The van der Waals surface area contributed by atoms with Gasteiger partial charge in [0.2, 0.25) is 5.91 Å². The normalized spacial score (nSPS) is 11.4. The lowest BCUT2D eigenvalue weighted by atomic mass is 10.1. The number of amides is 2. The zero-order valence-corrected chi connectivity index (χ0v) is 16.9. The first-order valence-electron chi connectivity index (χ1n) is 9.34. The van der Waals surface area contributed by atoms with Gasteiger partial charge in [0.15, 0.2) is 18.1 Å². The molecule has 150 valence electrons. The molecule has 2 amide bonds. The van der Waals surface area contributed by atoms with Gasteiger partial charge in [0, 0.05) is 13.1 Å². The van der Waals surface area contributed by atoms with Crippen LogP contribution in [0.25, 0.3) is 0 Å². The van der Waals surface area contributed by atoms with Crippen LogP contribution in [0, 0.1) is 6.92 Å². The molecule has 0 spiro atoms. The Kier molecular flexibility index (Phi) is 7.87. The molecule has 0 saturated heterocycles. The third-order valence-electron chi connectivity index (χ3n) is 4.41. The number of rotatable bonds is 9. The molecule has 0 aromatic heterocycles. The van der Waals surface area contributed by atoms with E-state index < -0.39 is 6.04 Å². The van der Waals surface area contributed by atoms with Crippen molar-refractivity contribution in [1.29, 1.82) is 0 Å². The maximum Gasteiger partial charge on any atom is 0.261 e. The van der Waals surface area contributed by atoms with Gasteiger partial charge in [-0.2, -0.15) is 0 Å². The average molecular weight is 384 g/mol.